The van der Waals surface area contributed by atoms with Gasteiger partial charge in [-0.1, -0.05) is 11.8 Å². The summed E-state index contributed by atoms with van der Waals surface area (Å²) in [6.45, 7) is 2.58. The molecule has 146 valence electrons. The number of hydrogen-bond donors (Lipinski definition) is 2. The van der Waals surface area contributed by atoms with E-state index in [0.717, 1.165) is 0 Å². The molecule has 0 atom stereocenters. The van der Waals surface area contributed by atoms with Crippen molar-refractivity contribution in [3.05, 3.63) is 24.0 Å². The van der Waals surface area contributed by atoms with Crippen molar-refractivity contribution in [3.63, 3.8) is 0 Å². The predicted octanol–water partition coefficient (Wildman–Crippen LogP) is 1.46. The van der Waals surface area contributed by atoms with E-state index in [2.05, 4.69) is 15.5 Å². The molecule has 0 aliphatic heterocycles. The number of nitrogens with two attached hydrogens (primary N) is 1. The van der Waals surface area contributed by atoms with E-state index in [1.54, 1.807) is 25.3 Å². The van der Waals surface area contributed by atoms with Crippen molar-refractivity contribution in [2.75, 3.05) is 25.3 Å². The topological polar surface area (TPSA) is 121 Å². The number of anilines is 1. The number of ether oxygens (including phenoxy) is 2. The maximum absolute atomic E-state index is 12.3. The Kier molecular flexibility index (Phi) is 7.47. The first-order valence-corrected chi connectivity index (χ1v) is 9.32. The highest BCUT2D eigenvalue weighted by Crippen LogP contribution is 2.29. The second-order valence-electron chi connectivity index (χ2n) is 5.51. The number of nitrogens with one attached hydrogen (secondary N) is 1. The second-order valence-corrected chi connectivity index (χ2v) is 6.45. The molecule has 0 fully saturated rings. The van der Waals surface area contributed by atoms with Gasteiger partial charge in [-0.2, -0.15) is 0 Å². The van der Waals surface area contributed by atoms with Crippen molar-refractivity contribution < 1.29 is 19.1 Å². The van der Waals surface area contributed by atoms with Gasteiger partial charge in [0.2, 0.25) is 11.8 Å². The van der Waals surface area contributed by atoms with Crippen molar-refractivity contribution >= 4 is 29.3 Å². The molecule has 0 aliphatic carbocycles. The quantitative estimate of drug-likeness (QED) is 0.586. The number of benzene rings is 1. The second kappa shape index (κ2) is 9.81. The fourth-order valence-electron chi connectivity index (χ4n) is 2.38. The molecule has 0 bridgehead atoms. The van der Waals surface area contributed by atoms with Crippen molar-refractivity contribution in [2.24, 2.45) is 5.73 Å². The van der Waals surface area contributed by atoms with E-state index in [1.165, 1.54) is 18.9 Å². The zero-order valence-electron chi connectivity index (χ0n) is 15.5. The van der Waals surface area contributed by atoms with E-state index in [-0.39, 0.29) is 24.0 Å². The number of primary amides is 1. The molecule has 0 spiro atoms. The Hall–Kier alpha value is -2.75. The molecule has 0 radical (unpaired) electrons. The summed E-state index contributed by atoms with van der Waals surface area (Å²) in [5.74, 6) is 1.40. The van der Waals surface area contributed by atoms with E-state index in [4.69, 9.17) is 15.2 Å². The van der Waals surface area contributed by atoms with Gasteiger partial charge >= 0.3 is 0 Å². The van der Waals surface area contributed by atoms with Gasteiger partial charge in [0.15, 0.2) is 5.16 Å². The third kappa shape index (κ3) is 5.61. The highest BCUT2D eigenvalue weighted by Gasteiger charge is 2.15. The average Bonchev–Trinajstić information content (AvgIpc) is 3.06. The van der Waals surface area contributed by atoms with Crippen LogP contribution in [0.15, 0.2) is 23.4 Å². The molecule has 0 saturated heterocycles. The van der Waals surface area contributed by atoms with Crippen LogP contribution in [0.4, 0.5) is 5.69 Å². The summed E-state index contributed by atoms with van der Waals surface area (Å²) in [5.41, 5.74) is 5.74. The van der Waals surface area contributed by atoms with Crippen molar-refractivity contribution in [2.45, 2.75) is 31.5 Å². The zero-order valence-corrected chi connectivity index (χ0v) is 16.3. The Morgan fingerprint density at radius 3 is 2.67 bits per heavy atom. The number of hydrogen-bond acceptors (Lipinski definition) is 7. The van der Waals surface area contributed by atoms with Gasteiger partial charge in [0.05, 0.1) is 25.7 Å². The number of methoxy groups -OCH3 is 2. The number of carbonyl (C=O) groups is 2. The maximum Gasteiger partial charge on any atom is 0.234 e. The monoisotopic (exact) mass is 393 g/mol. The highest BCUT2D eigenvalue weighted by atomic mass is 32.2. The smallest absolute Gasteiger partial charge is 0.234 e. The van der Waals surface area contributed by atoms with Gasteiger partial charge in [0.1, 0.15) is 17.3 Å². The number of aromatic nitrogens is 3. The van der Waals surface area contributed by atoms with E-state index >= 15 is 0 Å². The summed E-state index contributed by atoms with van der Waals surface area (Å²) >= 11 is 1.27. The SMILES string of the molecule is CCn1c(CCC(N)=O)nnc1SCC(=O)Nc1ccc(OC)cc1OC. The fourth-order valence-corrected chi connectivity index (χ4v) is 3.20. The van der Waals surface area contributed by atoms with Crippen LogP contribution in [0.1, 0.15) is 19.2 Å². The third-order valence-electron chi connectivity index (χ3n) is 3.72. The molecule has 0 unspecified atom stereocenters. The highest BCUT2D eigenvalue weighted by molar-refractivity contribution is 7.99. The summed E-state index contributed by atoms with van der Waals surface area (Å²) in [7, 11) is 3.09. The molecule has 3 N–H and O–H groups in total. The Morgan fingerprint density at radius 2 is 2.04 bits per heavy atom. The van der Waals surface area contributed by atoms with Gasteiger partial charge in [0, 0.05) is 25.5 Å². The van der Waals surface area contributed by atoms with Crippen LogP contribution in [0.5, 0.6) is 11.5 Å². The van der Waals surface area contributed by atoms with Crippen LogP contribution < -0.4 is 20.5 Å². The summed E-state index contributed by atoms with van der Waals surface area (Å²) in [4.78, 5) is 23.2. The van der Waals surface area contributed by atoms with Crippen molar-refractivity contribution in [3.8, 4) is 11.5 Å². The molecular formula is C17H23N5O4S. The lowest BCUT2D eigenvalue weighted by Gasteiger charge is -2.11. The molecule has 2 aromatic rings. The Labute approximate surface area is 161 Å². The zero-order chi connectivity index (χ0) is 19.8. The van der Waals surface area contributed by atoms with Crippen LogP contribution in [0, 0.1) is 0 Å². The van der Waals surface area contributed by atoms with E-state index in [0.29, 0.717) is 41.1 Å². The molecule has 0 aliphatic rings. The minimum absolute atomic E-state index is 0.156. The Morgan fingerprint density at radius 1 is 1.26 bits per heavy atom. The van der Waals surface area contributed by atoms with Crippen LogP contribution >= 0.6 is 11.8 Å². The summed E-state index contributed by atoms with van der Waals surface area (Å²) in [6.07, 6.45) is 0.631. The van der Waals surface area contributed by atoms with Crippen molar-refractivity contribution in [1.82, 2.24) is 14.8 Å². The van der Waals surface area contributed by atoms with Gasteiger partial charge in [-0.25, -0.2) is 0 Å². The Bertz CT molecular complexity index is 809. The van der Waals surface area contributed by atoms with Gasteiger partial charge < -0.3 is 25.1 Å². The molecule has 1 aromatic carbocycles. The fraction of sp³-hybridized carbons (Fsp3) is 0.412. The third-order valence-corrected chi connectivity index (χ3v) is 4.69. The van der Waals surface area contributed by atoms with Crippen molar-refractivity contribution in [1.29, 1.82) is 0 Å². The first-order valence-electron chi connectivity index (χ1n) is 8.33. The standard InChI is InChI=1S/C17H23N5O4S/c1-4-22-15(8-7-14(18)23)20-21-17(22)27-10-16(24)19-12-6-5-11(25-2)9-13(12)26-3/h5-6,9H,4,7-8,10H2,1-3H3,(H2,18,23)(H,19,24). The predicted molar refractivity (Wildman–Crippen MR) is 102 cm³/mol. The number of carbonyl (C=O) groups excluding carboxylic acids is 2. The van der Waals surface area contributed by atoms with E-state index in [9.17, 15) is 9.59 Å². The number of nitrogens with zero attached hydrogens (tertiary/aromatic N) is 3. The molecule has 27 heavy (non-hydrogen) atoms. The maximum atomic E-state index is 12.3. The molecular weight excluding hydrogens is 370 g/mol. The van der Waals surface area contributed by atoms with Crippen LogP contribution in [-0.2, 0) is 22.6 Å². The molecule has 0 saturated carbocycles. The summed E-state index contributed by atoms with van der Waals surface area (Å²) in [6, 6.07) is 5.15. The number of aryl methyl sites for hydroxylation is 1. The van der Waals surface area contributed by atoms with Gasteiger partial charge in [0.25, 0.3) is 0 Å². The minimum Gasteiger partial charge on any atom is -0.497 e. The lowest BCUT2D eigenvalue weighted by Crippen LogP contribution is -2.16. The van der Waals surface area contributed by atoms with Gasteiger partial charge in [-0.05, 0) is 19.1 Å². The largest absolute Gasteiger partial charge is 0.497 e. The van der Waals surface area contributed by atoms with Gasteiger partial charge in [-0.3, -0.25) is 9.59 Å². The van der Waals surface area contributed by atoms with Crippen LogP contribution in [-0.4, -0.2) is 46.6 Å². The van der Waals surface area contributed by atoms with Crippen LogP contribution in [0.3, 0.4) is 0 Å². The molecule has 10 heteroatoms. The first kappa shape index (κ1) is 20.6. The molecule has 2 rings (SSSR count). The Balaban J connectivity index is 1.99. The molecule has 2 amide bonds. The van der Waals surface area contributed by atoms with Crippen LogP contribution in [0.25, 0.3) is 0 Å². The average molecular weight is 393 g/mol. The lowest BCUT2D eigenvalue weighted by atomic mass is 10.2. The number of amides is 2. The normalized spacial score (nSPS) is 10.5. The summed E-state index contributed by atoms with van der Waals surface area (Å²) in [5, 5.41) is 11.6. The lowest BCUT2D eigenvalue weighted by molar-refractivity contribution is -0.118. The van der Waals surface area contributed by atoms with E-state index in [1.807, 2.05) is 11.5 Å². The first-order chi connectivity index (χ1) is 13.0. The minimum atomic E-state index is -0.386. The molecule has 1 heterocycles. The van der Waals surface area contributed by atoms with Crippen LogP contribution in [0.2, 0.25) is 0 Å². The number of thioether (sulfide) groups is 1. The van der Waals surface area contributed by atoms with E-state index < -0.39 is 0 Å². The number of rotatable bonds is 10. The molecule has 9 nitrogen and oxygen atoms in total. The van der Waals surface area contributed by atoms with Gasteiger partial charge in [-0.15, -0.1) is 10.2 Å². The summed E-state index contributed by atoms with van der Waals surface area (Å²) < 4.78 is 12.3. The molecule has 1 aromatic heterocycles.